The molecule has 1 aliphatic heterocycles. The highest BCUT2D eigenvalue weighted by molar-refractivity contribution is 9.13. The number of ether oxygens (including phenoxy) is 1. The van der Waals surface area contributed by atoms with Crippen molar-refractivity contribution in [3.63, 3.8) is 0 Å². The fraction of sp³-hybridized carbons (Fsp3) is 0.257. The van der Waals surface area contributed by atoms with Crippen LogP contribution >= 0.6 is 31.9 Å². The molecule has 3 aromatic rings. The molecule has 2 N–H and O–H groups in total. The number of rotatable bonds is 4. The molecule has 10 heteroatoms. The van der Waals surface area contributed by atoms with Gasteiger partial charge in [0.1, 0.15) is 0 Å². The highest BCUT2D eigenvalue weighted by Crippen LogP contribution is 2.65. The molecule has 228 valence electrons. The van der Waals surface area contributed by atoms with Gasteiger partial charge in [-0.05, 0) is 79.5 Å². The van der Waals surface area contributed by atoms with Gasteiger partial charge >= 0.3 is 0 Å². The number of hydroxylamine groups is 2. The molecule has 0 bridgehead atoms. The maximum atomic E-state index is 15.0. The van der Waals surface area contributed by atoms with Crippen molar-refractivity contribution in [1.82, 2.24) is 5.06 Å². The Kier molecular flexibility index (Phi) is 7.22. The van der Waals surface area contributed by atoms with E-state index in [0.717, 1.165) is 5.57 Å². The Labute approximate surface area is 275 Å². The lowest BCUT2D eigenvalue weighted by Crippen LogP contribution is -2.59. The van der Waals surface area contributed by atoms with E-state index in [1.54, 1.807) is 30.3 Å². The predicted molar refractivity (Wildman–Crippen MR) is 170 cm³/mol. The van der Waals surface area contributed by atoms with Crippen molar-refractivity contribution >= 4 is 60.8 Å². The molecule has 4 aliphatic rings. The molecule has 0 unspecified atom stereocenters. The number of allylic oxidation sites excluding steroid dienone is 4. The third kappa shape index (κ3) is 4.11. The highest BCUT2D eigenvalue weighted by atomic mass is 79.9. The molecular formula is C35H27Br2NO7. The number of imide groups is 1. The van der Waals surface area contributed by atoms with Crippen LogP contribution in [-0.2, 0) is 24.6 Å². The number of halogens is 2. The molecule has 3 aliphatic carbocycles. The molecule has 0 aromatic heterocycles. The van der Waals surface area contributed by atoms with Gasteiger partial charge in [0, 0.05) is 21.9 Å². The minimum Gasteiger partial charge on any atom is -0.503 e. The molecule has 8 nitrogen and oxygen atoms in total. The largest absolute Gasteiger partial charge is 0.503 e. The number of nitrogens with zero attached hydrogens (tertiary/aromatic N) is 1. The van der Waals surface area contributed by atoms with Crippen LogP contribution in [0.5, 0.6) is 11.5 Å². The van der Waals surface area contributed by atoms with Crippen molar-refractivity contribution in [2.75, 3.05) is 7.11 Å². The number of carbonyl (C=O) groups excluding carboxylic acids is 4. The molecular weight excluding hydrogens is 706 g/mol. The molecule has 1 heterocycles. The van der Waals surface area contributed by atoms with Gasteiger partial charge in [-0.3, -0.25) is 24.4 Å². The fourth-order valence-electron chi connectivity index (χ4n) is 8.18. The molecule has 1 saturated carbocycles. The molecule has 45 heavy (non-hydrogen) atoms. The number of benzene rings is 3. The number of ketones is 2. The Morgan fingerprint density at radius 2 is 1.58 bits per heavy atom. The summed E-state index contributed by atoms with van der Waals surface area (Å²) in [5, 5.41) is 21.5. The number of amides is 2. The second-order valence-corrected chi connectivity index (χ2v) is 13.5. The van der Waals surface area contributed by atoms with Crippen LogP contribution in [-0.4, -0.2) is 45.9 Å². The van der Waals surface area contributed by atoms with Crippen molar-refractivity contribution in [1.29, 1.82) is 0 Å². The predicted octanol–water partition coefficient (Wildman–Crippen LogP) is 6.14. The molecule has 7 rings (SSSR count). The van der Waals surface area contributed by atoms with E-state index in [2.05, 4.69) is 31.9 Å². The first-order valence-electron chi connectivity index (χ1n) is 14.6. The topological polar surface area (TPSA) is 121 Å². The van der Waals surface area contributed by atoms with E-state index in [1.807, 2.05) is 42.5 Å². The Morgan fingerprint density at radius 1 is 0.911 bits per heavy atom. The normalized spacial score (nSPS) is 29.1. The summed E-state index contributed by atoms with van der Waals surface area (Å²) in [5.74, 6) is -5.91. The first-order chi connectivity index (χ1) is 21.6. The van der Waals surface area contributed by atoms with Gasteiger partial charge in [0.2, 0.25) is 0 Å². The quantitative estimate of drug-likeness (QED) is 0.188. The van der Waals surface area contributed by atoms with Gasteiger partial charge in [0.05, 0.1) is 28.8 Å². The number of phenols is 1. The summed E-state index contributed by atoms with van der Waals surface area (Å²) in [4.78, 5) is 56.3. The average molecular weight is 733 g/mol. The zero-order valence-electron chi connectivity index (χ0n) is 23.9. The van der Waals surface area contributed by atoms with Crippen molar-refractivity contribution in [2.24, 2.45) is 23.7 Å². The van der Waals surface area contributed by atoms with E-state index in [4.69, 9.17) is 4.74 Å². The van der Waals surface area contributed by atoms with Crippen LogP contribution in [0.2, 0.25) is 0 Å². The standard InChI is InChI=1S/C35H27Br2NO7/c1-45-25-15-23(29(36)30(37)32(25)41)28-19-12-13-20-27(34(43)38(44)33(20)42)22(19)14-24-31(40)21(17-8-4-2-5-9-17)16-26(39)35(24,28)18-10-6-3-7-11-18/h2-12,15-16,20,22,24,27-28,41,44H,13-14H2,1H3/t20-,22+,24-,27-,28+,35-/m0/s1. The van der Waals surface area contributed by atoms with Crippen LogP contribution in [0.4, 0.5) is 0 Å². The molecule has 2 amide bonds. The summed E-state index contributed by atoms with van der Waals surface area (Å²) >= 11 is 7.14. The van der Waals surface area contributed by atoms with Gasteiger partial charge in [-0.25, -0.2) is 0 Å². The molecule has 0 spiro atoms. The van der Waals surface area contributed by atoms with Gasteiger partial charge in [0.25, 0.3) is 11.8 Å². The smallest absolute Gasteiger partial charge is 0.257 e. The molecule has 3 aromatic carbocycles. The molecule has 0 radical (unpaired) electrons. The summed E-state index contributed by atoms with van der Waals surface area (Å²) in [6, 6.07) is 19.9. The van der Waals surface area contributed by atoms with E-state index in [-0.39, 0.29) is 46.5 Å². The summed E-state index contributed by atoms with van der Waals surface area (Å²) < 4.78 is 6.30. The van der Waals surface area contributed by atoms with Crippen LogP contribution in [0.1, 0.15) is 35.4 Å². The Bertz CT molecular complexity index is 1850. The van der Waals surface area contributed by atoms with E-state index < -0.39 is 46.8 Å². The van der Waals surface area contributed by atoms with Crippen LogP contribution in [0.15, 0.2) is 93.4 Å². The Balaban J connectivity index is 1.57. The SMILES string of the molecule is COc1cc([C@H]2C3=CC[C@@H]4C(=O)N(O)C(=O)[C@@H]4[C@@H]3C[C@H]3C(=O)C(c4ccccc4)=CC(=O)[C@@]23c2ccccc2)c(Br)c(Br)c1O. The van der Waals surface area contributed by atoms with Crippen molar-refractivity contribution in [2.45, 2.75) is 24.2 Å². The lowest BCUT2D eigenvalue weighted by Gasteiger charge is -2.55. The van der Waals surface area contributed by atoms with Crippen LogP contribution in [0.25, 0.3) is 5.57 Å². The maximum absolute atomic E-state index is 15.0. The van der Waals surface area contributed by atoms with E-state index in [9.17, 15) is 24.7 Å². The molecule has 6 atom stereocenters. The van der Waals surface area contributed by atoms with E-state index >= 15 is 4.79 Å². The molecule has 2 fully saturated rings. The van der Waals surface area contributed by atoms with Gasteiger partial charge in [-0.15, -0.1) is 0 Å². The summed E-state index contributed by atoms with van der Waals surface area (Å²) in [6.45, 7) is 0. The van der Waals surface area contributed by atoms with Crippen LogP contribution < -0.4 is 4.74 Å². The number of phenolic OH excluding ortho intramolecular Hbond substituents is 1. The van der Waals surface area contributed by atoms with Crippen LogP contribution in [0.3, 0.4) is 0 Å². The number of methoxy groups -OCH3 is 1. The second kappa shape index (κ2) is 10.9. The number of hydrogen-bond donors (Lipinski definition) is 2. The van der Waals surface area contributed by atoms with Crippen molar-refractivity contribution in [3.05, 3.63) is 110 Å². The fourth-order valence-corrected chi connectivity index (χ4v) is 9.14. The first-order valence-corrected chi connectivity index (χ1v) is 16.1. The summed E-state index contributed by atoms with van der Waals surface area (Å²) in [5.41, 5.74) is 1.38. The minimum absolute atomic E-state index is 0.119. The average Bonchev–Trinajstić information content (AvgIpc) is 3.29. The number of Topliss-reactive ketones (excluding diaryl/α,β-unsaturated/α-hetero) is 1. The maximum Gasteiger partial charge on any atom is 0.257 e. The number of hydrogen-bond acceptors (Lipinski definition) is 7. The zero-order valence-corrected chi connectivity index (χ0v) is 27.1. The zero-order chi connectivity index (χ0) is 31.8. The van der Waals surface area contributed by atoms with Crippen molar-refractivity contribution < 1.29 is 34.2 Å². The molecule has 1 saturated heterocycles. The number of aromatic hydroxyl groups is 1. The monoisotopic (exact) mass is 731 g/mol. The second-order valence-electron chi connectivity index (χ2n) is 11.9. The van der Waals surface area contributed by atoms with Gasteiger partial charge in [0.15, 0.2) is 23.1 Å². The lowest BCUT2D eigenvalue weighted by atomic mass is 9.44. The minimum atomic E-state index is -1.44. The van der Waals surface area contributed by atoms with Gasteiger partial charge in [-0.1, -0.05) is 72.3 Å². The third-order valence-electron chi connectivity index (χ3n) is 10.1. The Hall–Kier alpha value is -3.86. The van der Waals surface area contributed by atoms with E-state index in [1.165, 1.54) is 13.2 Å². The first kappa shape index (κ1) is 29.8. The van der Waals surface area contributed by atoms with Crippen LogP contribution in [0, 0.1) is 23.7 Å². The van der Waals surface area contributed by atoms with Gasteiger partial charge in [-0.2, -0.15) is 5.06 Å². The van der Waals surface area contributed by atoms with E-state index in [0.29, 0.717) is 25.6 Å². The summed E-state index contributed by atoms with van der Waals surface area (Å²) in [7, 11) is 1.42. The number of fused-ring (bicyclic) bond motifs is 4. The van der Waals surface area contributed by atoms with Crippen molar-refractivity contribution in [3.8, 4) is 11.5 Å². The highest BCUT2D eigenvalue weighted by Gasteiger charge is 2.66. The Morgan fingerprint density at radius 3 is 2.24 bits per heavy atom. The third-order valence-corrected chi connectivity index (χ3v) is 12.2. The van der Waals surface area contributed by atoms with Gasteiger partial charge < -0.3 is 9.84 Å². The number of carbonyl (C=O) groups is 4. The lowest BCUT2D eigenvalue weighted by molar-refractivity contribution is -0.173. The summed E-state index contributed by atoms with van der Waals surface area (Å²) in [6.07, 6.45) is 3.65.